The highest BCUT2D eigenvalue weighted by atomic mass is 32.2. The van der Waals surface area contributed by atoms with E-state index >= 15 is 0 Å². The first kappa shape index (κ1) is 11.1. The molecule has 0 spiro atoms. The fourth-order valence-electron chi connectivity index (χ4n) is 0.429. The Hall–Kier alpha value is -0.910. The molecule has 0 radical (unpaired) electrons. The van der Waals surface area contributed by atoms with Crippen molar-refractivity contribution >= 4 is 22.7 Å². The summed E-state index contributed by atoms with van der Waals surface area (Å²) in [6.07, 6.45) is 1.50. The van der Waals surface area contributed by atoms with Crippen molar-refractivity contribution in [1.82, 2.24) is 5.32 Å². The highest BCUT2D eigenvalue weighted by Crippen LogP contribution is 1.88. The molecule has 1 amide bonds. The predicted octanol–water partition coefficient (Wildman–Crippen LogP) is -1.05. The number of nitrogens with one attached hydrogen (secondary N) is 1. The quantitative estimate of drug-likeness (QED) is 0.560. The molecule has 0 bridgehead atoms. The second-order valence-electron chi connectivity index (χ2n) is 2.32. The fourth-order valence-corrected chi connectivity index (χ4v) is 0.747. The van der Waals surface area contributed by atoms with E-state index in [4.69, 9.17) is 5.11 Å². The standard InChI is InChI=1S/C6H11NO4S/c1-4(12(2)11)3-7-5(8)6(9)10/h4H,3H2,1-2H3,(H,7,8)(H,9,10). The van der Waals surface area contributed by atoms with Crippen LogP contribution in [0.3, 0.4) is 0 Å². The monoisotopic (exact) mass is 193 g/mol. The lowest BCUT2D eigenvalue weighted by Gasteiger charge is -2.07. The lowest BCUT2D eigenvalue weighted by Crippen LogP contribution is -2.36. The maximum Gasteiger partial charge on any atom is 0.394 e. The van der Waals surface area contributed by atoms with E-state index < -0.39 is 22.7 Å². The average Bonchev–Trinajstić information content (AvgIpc) is 1.98. The van der Waals surface area contributed by atoms with Gasteiger partial charge in [-0.15, -0.1) is 0 Å². The molecule has 0 rings (SSSR count). The molecule has 0 aliphatic heterocycles. The zero-order valence-electron chi connectivity index (χ0n) is 6.86. The van der Waals surface area contributed by atoms with E-state index in [0.29, 0.717) is 0 Å². The SMILES string of the molecule is CC(CNC(=O)C(=O)O)S(C)=O. The summed E-state index contributed by atoms with van der Waals surface area (Å²) in [5.41, 5.74) is 0. The van der Waals surface area contributed by atoms with E-state index in [1.54, 1.807) is 6.92 Å². The first-order valence-corrected chi connectivity index (χ1v) is 4.90. The number of carbonyl (C=O) groups excluding carboxylic acids is 1. The van der Waals surface area contributed by atoms with Crippen molar-refractivity contribution in [2.24, 2.45) is 0 Å². The molecule has 2 unspecified atom stereocenters. The van der Waals surface area contributed by atoms with Crippen LogP contribution in [0.2, 0.25) is 0 Å². The second-order valence-corrected chi connectivity index (χ2v) is 4.13. The van der Waals surface area contributed by atoms with Crippen LogP contribution in [-0.4, -0.2) is 39.2 Å². The highest BCUT2D eigenvalue weighted by Gasteiger charge is 2.13. The van der Waals surface area contributed by atoms with E-state index in [-0.39, 0.29) is 11.8 Å². The van der Waals surface area contributed by atoms with Gasteiger partial charge in [0.1, 0.15) is 0 Å². The van der Waals surface area contributed by atoms with Gasteiger partial charge in [0.25, 0.3) is 0 Å². The molecule has 0 aromatic carbocycles. The van der Waals surface area contributed by atoms with Gasteiger partial charge in [-0.25, -0.2) is 4.79 Å². The first-order valence-electron chi connectivity index (χ1n) is 3.28. The number of hydrogen-bond donors (Lipinski definition) is 2. The van der Waals surface area contributed by atoms with Crippen molar-refractivity contribution in [3.8, 4) is 0 Å². The van der Waals surface area contributed by atoms with Crippen molar-refractivity contribution in [3.63, 3.8) is 0 Å². The summed E-state index contributed by atoms with van der Waals surface area (Å²) in [7, 11) is -1.05. The molecule has 0 heterocycles. The predicted molar refractivity (Wildman–Crippen MR) is 44.2 cm³/mol. The van der Waals surface area contributed by atoms with Crippen molar-refractivity contribution < 1.29 is 18.9 Å². The van der Waals surface area contributed by atoms with E-state index in [1.807, 2.05) is 0 Å². The molecule has 0 aromatic heterocycles. The van der Waals surface area contributed by atoms with Gasteiger partial charge >= 0.3 is 11.9 Å². The molecule has 2 N–H and O–H groups in total. The largest absolute Gasteiger partial charge is 0.474 e. The van der Waals surface area contributed by atoms with E-state index in [2.05, 4.69) is 5.32 Å². The van der Waals surface area contributed by atoms with Crippen LogP contribution in [0.25, 0.3) is 0 Å². The lowest BCUT2D eigenvalue weighted by atomic mass is 10.4. The van der Waals surface area contributed by atoms with Crippen LogP contribution in [0.15, 0.2) is 0 Å². The maximum absolute atomic E-state index is 10.7. The molecule has 0 saturated carbocycles. The number of hydrogen-bond acceptors (Lipinski definition) is 3. The number of carbonyl (C=O) groups is 2. The van der Waals surface area contributed by atoms with Gasteiger partial charge < -0.3 is 10.4 Å². The number of rotatable bonds is 3. The van der Waals surface area contributed by atoms with Gasteiger partial charge in [0.05, 0.1) is 0 Å². The minimum atomic E-state index is -1.52. The third kappa shape index (κ3) is 4.07. The average molecular weight is 193 g/mol. The third-order valence-corrected chi connectivity index (χ3v) is 2.61. The van der Waals surface area contributed by atoms with Crippen molar-refractivity contribution in [1.29, 1.82) is 0 Å². The van der Waals surface area contributed by atoms with Crippen molar-refractivity contribution in [2.45, 2.75) is 12.2 Å². The number of aliphatic carboxylic acids is 1. The number of amides is 1. The van der Waals surface area contributed by atoms with Crippen molar-refractivity contribution in [2.75, 3.05) is 12.8 Å². The van der Waals surface area contributed by atoms with E-state index in [9.17, 15) is 13.8 Å². The summed E-state index contributed by atoms with van der Waals surface area (Å²) in [6.45, 7) is 1.78. The van der Waals surface area contributed by atoms with Crippen LogP contribution >= 0.6 is 0 Å². The Labute approximate surface area is 72.6 Å². The van der Waals surface area contributed by atoms with E-state index in [1.165, 1.54) is 6.26 Å². The summed E-state index contributed by atoms with van der Waals surface area (Å²) in [4.78, 5) is 20.5. The van der Waals surface area contributed by atoms with Crippen LogP contribution in [0, 0.1) is 0 Å². The Morgan fingerprint density at radius 2 is 2.08 bits per heavy atom. The molecule has 0 fully saturated rings. The van der Waals surface area contributed by atoms with Crippen molar-refractivity contribution in [3.05, 3.63) is 0 Å². The number of carboxylic acid groups (broad SMARTS) is 1. The maximum atomic E-state index is 10.7. The van der Waals surface area contributed by atoms with Gasteiger partial charge in [-0.05, 0) is 6.92 Å². The molecule has 0 aliphatic carbocycles. The van der Waals surface area contributed by atoms with Gasteiger partial charge in [0.2, 0.25) is 0 Å². The zero-order chi connectivity index (χ0) is 9.72. The molecule has 2 atom stereocenters. The highest BCUT2D eigenvalue weighted by molar-refractivity contribution is 7.84. The minimum Gasteiger partial charge on any atom is -0.474 e. The Bertz CT molecular complexity index is 216. The lowest BCUT2D eigenvalue weighted by molar-refractivity contribution is -0.150. The third-order valence-electron chi connectivity index (χ3n) is 1.31. The normalized spacial score (nSPS) is 14.8. The van der Waals surface area contributed by atoms with Crippen LogP contribution in [0.5, 0.6) is 0 Å². The molecule has 12 heavy (non-hydrogen) atoms. The zero-order valence-corrected chi connectivity index (χ0v) is 7.68. The minimum absolute atomic E-state index is 0.119. The fraction of sp³-hybridized carbons (Fsp3) is 0.667. The van der Waals surface area contributed by atoms with Crippen LogP contribution in [-0.2, 0) is 20.4 Å². The molecular weight excluding hydrogens is 182 g/mol. The summed E-state index contributed by atoms with van der Waals surface area (Å²) < 4.78 is 10.7. The molecule has 0 aliphatic rings. The van der Waals surface area contributed by atoms with Gasteiger partial charge in [-0.2, -0.15) is 0 Å². The molecule has 5 nitrogen and oxygen atoms in total. The second kappa shape index (κ2) is 4.87. The molecule has 0 aromatic rings. The Balaban J connectivity index is 3.76. The molecule has 6 heteroatoms. The molecule has 70 valence electrons. The smallest absolute Gasteiger partial charge is 0.394 e. The first-order chi connectivity index (χ1) is 5.45. The topological polar surface area (TPSA) is 83.5 Å². The Morgan fingerprint density at radius 3 is 2.42 bits per heavy atom. The van der Waals surface area contributed by atoms with Gasteiger partial charge in [0.15, 0.2) is 0 Å². The Morgan fingerprint density at radius 1 is 1.58 bits per heavy atom. The number of carboxylic acids is 1. The van der Waals surface area contributed by atoms with Gasteiger partial charge in [-0.1, -0.05) is 0 Å². The molecule has 0 saturated heterocycles. The summed E-state index contributed by atoms with van der Waals surface area (Å²) in [5.74, 6) is -2.59. The Kier molecular flexibility index (Phi) is 4.50. The van der Waals surface area contributed by atoms with E-state index in [0.717, 1.165) is 0 Å². The van der Waals surface area contributed by atoms with Crippen LogP contribution in [0.4, 0.5) is 0 Å². The summed E-state index contributed by atoms with van der Waals surface area (Å²) in [5, 5.41) is 10.0. The molecular formula is C6H11NO4S. The van der Waals surface area contributed by atoms with Gasteiger partial charge in [0, 0.05) is 28.9 Å². The summed E-state index contributed by atoms with van der Waals surface area (Å²) in [6, 6.07) is 0. The summed E-state index contributed by atoms with van der Waals surface area (Å²) >= 11 is 0. The van der Waals surface area contributed by atoms with Crippen LogP contribution in [0.1, 0.15) is 6.92 Å². The van der Waals surface area contributed by atoms with Crippen LogP contribution < -0.4 is 5.32 Å². The van der Waals surface area contributed by atoms with Gasteiger partial charge in [-0.3, -0.25) is 9.00 Å².